The zero-order chi connectivity index (χ0) is 10.7. The van der Waals surface area contributed by atoms with Gasteiger partial charge in [0.05, 0.1) is 23.7 Å². The zero-order valence-corrected chi connectivity index (χ0v) is 9.12. The van der Waals surface area contributed by atoms with Gasteiger partial charge in [-0.3, -0.25) is 0 Å². The molecule has 0 atom stereocenters. The van der Waals surface area contributed by atoms with Crippen LogP contribution in [-0.4, -0.2) is 4.98 Å². The molecular weight excluding hydrogens is 303 g/mol. The molecule has 1 aromatic rings. The predicted octanol–water partition coefficient (Wildman–Crippen LogP) is 2.27. The van der Waals surface area contributed by atoms with Crippen LogP contribution in [0.4, 0.5) is 14.5 Å². The van der Waals surface area contributed by atoms with Crippen molar-refractivity contribution in [1.82, 2.24) is 4.98 Å². The first-order valence-corrected chi connectivity index (χ1v) is 4.74. The predicted molar refractivity (Wildman–Crippen MR) is 55.6 cm³/mol. The van der Waals surface area contributed by atoms with E-state index in [4.69, 9.17) is 11.0 Å². The Labute approximate surface area is 93.1 Å². The molecule has 14 heavy (non-hydrogen) atoms. The van der Waals surface area contributed by atoms with Gasteiger partial charge in [-0.25, -0.2) is 13.8 Å². The molecule has 0 amide bonds. The van der Waals surface area contributed by atoms with Crippen molar-refractivity contribution >= 4 is 28.3 Å². The number of rotatable bonds is 2. The van der Waals surface area contributed by atoms with Crippen LogP contribution in [0.2, 0.25) is 0 Å². The third kappa shape index (κ3) is 2.29. The van der Waals surface area contributed by atoms with E-state index in [1.165, 1.54) is 6.07 Å². The van der Waals surface area contributed by atoms with Crippen LogP contribution in [0.15, 0.2) is 6.07 Å². The van der Waals surface area contributed by atoms with Gasteiger partial charge in [0.2, 0.25) is 0 Å². The molecule has 0 saturated heterocycles. The highest BCUT2D eigenvalue weighted by molar-refractivity contribution is 14.1. The van der Waals surface area contributed by atoms with E-state index < -0.39 is 6.43 Å². The Hall–Kier alpha value is -0.970. The van der Waals surface area contributed by atoms with Gasteiger partial charge >= 0.3 is 0 Å². The van der Waals surface area contributed by atoms with Crippen LogP contribution in [0, 0.1) is 15.0 Å². The van der Waals surface area contributed by atoms with Gasteiger partial charge in [-0.1, -0.05) is 0 Å². The second-order valence-corrected chi connectivity index (χ2v) is 3.64. The molecule has 0 aliphatic rings. The highest BCUT2D eigenvalue weighted by Gasteiger charge is 2.18. The van der Waals surface area contributed by atoms with Crippen LogP contribution in [-0.2, 0) is 6.42 Å². The van der Waals surface area contributed by atoms with Gasteiger partial charge < -0.3 is 5.73 Å². The monoisotopic (exact) mass is 309 g/mol. The zero-order valence-electron chi connectivity index (χ0n) is 6.97. The highest BCUT2D eigenvalue weighted by atomic mass is 127. The maximum absolute atomic E-state index is 12.5. The number of hydrogen-bond acceptors (Lipinski definition) is 3. The molecule has 1 rings (SSSR count). The van der Waals surface area contributed by atoms with Gasteiger partial charge in [0, 0.05) is 5.69 Å². The van der Waals surface area contributed by atoms with Gasteiger partial charge in [0.1, 0.15) is 3.70 Å². The van der Waals surface area contributed by atoms with Crippen molar-refractivity contribution in [3.05, 3.63) is 21.0 Å². The summed E-state index contributed by atoms with van der Waals surface area (Å²) in [6.45, 7) is 0. The molecule has 6 heteroatoms. The normalized spacial score (nSPS) is 10.2. The third-order valence-electron chi connectivity index (χ3n) is 1.60. The Morgan fingerprint density at radius 3 is 2.79 bits per heavy atom. The van der Waals surface area contributed by atoms with Crippen molar-refractivity contribution in [3.63, 3.8) is 0 Å². The number of halogens is 3. The molecule has 0 saturated carbocycles. The molecule has 0 unspecified atom stereocenters. The van der Waals surface area contributed by atoms with Crippen molar-refractivity contribution in [1.29, 1.82) is 5.26 Å². The molecule has 0 aromatic carbocycles. The lowest BCUT2D eigenvalue weighted by atomic mass is 10.1. The molecule has 0 spiro atoms. The molecule has 1 aromatic heterocycles. The SMILES string of the molecule is N#CCc1nc(I)cc(N)c1C(F)F. The first-order chi connectivity index (χ1) is 6.56. The van der Waals surface area contributed by atoms with Crippen LogP contribution in [0.3, 0.4) is 0 Å². The molecule has 0 aliphatic heterocycles. The first-order valence-electron chi connectivity index (χ1n) is 3.66. The number of nitriles is 1. The fourth-order valence-corrected chi connectivity index (χ4v) is 1.68. The Morgan fingerprint density at radius 1 is 1.64 bits per heavy atom. The Balaban J connectivity index is 3.30. The van der Waals surface area contributed by atoms with Crippen molar-refractivity contribution in [2.45, 2.75) is 12.8 Å². The second-order valence-electron chi connectivity index (χ2n) is 2.53. The molecule has 1 heterocycles. The van der Waals surface area contributed by atoms with E-state index in [2.05, 4.69) is 4.98 Å². The number of aromatic nitrogens is 1. The van der Waals surface area contributed by atoms with Gasteiger partial charge in [0.25, 0.3) is 6.43 Å². The molecule has 0 bridgehead atoms. The second kappa shape index (κ2) is 4.50. The molecule has 0 fully saturated rings. The van der Waals surface area contributed by atoms with E-state index in [0.717, 1.165) is 0 Å². The van der Waals surface area contributed by atoms with E-state index in [9.17, 15) is 8.78 Å². The van der Waals surface area contributed by atoms with Gasteiger partial charge in [-0.2, -0.15) is 5.26 Å². The molecule has 0 radical (unpaired) electrons. The highest BCUT2D eigenvalue weighted by Crippen LogP contribution is 2.28. The van der Waals surface area contributed by atoms with Crippen molar-refractivity contribution in [2.75, 3.05) is 5.73 Å². The van der Waals surface area contributed by atoms with Gasteiger partial charge in [0.15, 0.2) is 0 Å². The maximum atomic E-state index is 12.5. The molecule has 0 aliphatic carbocycles. The summed E-state index contributed by atoms with van der Waals surface area (Å²) in [5.74, 6) is 0. The number of anilines is 1. The topological polar surface area (TPSA) is 62.7 Å². The van der Waals surface area contributed by atoms with Crippen LogP contribution < -0.4 is 5.73 Å². The van der Waals surface area contributed by atoms with E-state index >= 15 is 0 Å². The quantitative estimate of drug-likeness (QED) is 0.673. The standard InChI is InChI=1S/C8H6F2IN3/c9-8(10)7-4(13)3-6(11)14-5(7)1-2-12/h3,8H,1H2,(H2,13,14). The van der Waals surface area contributed by atoms with E-state index in [-0.39, 0.29) is 23.4 Å². The summed E-state index contributed by atoms with van der Waals surface area (Å²) in [5.41, 5.74) is 5.14. The molecule has 3 nitrogen and oxygen atoms in total. The van der Waals surface area contributed by atoms with Crippen LogP contribution in [0.1, 0.15) is 17.7 Å². The van der Waals surface area contributed by atoms with Gasteiger partial charge in [-0.15, -0.1) is 0 Å². The van der Waals surface area contributed by atoms with Gasteiger partial charge in [-0.05, 0) is 28.7 Å². The maximum Gasteiger partial charge on any atom is 0.267 e. The first kappa shape index (κ1) is 11.1. The van der Waals surface area contributed by atoms with Crippen LogP contribution in [0.5, 0.6) is 0 Å². The molecule has 2 N–H and O–H groups in total. The summed E-state index contributed by atoms with van der Waals surface area (Å²) >= 11 is 1.87. The molecular formula is C8H6F2IN3. The van der Waals surface area contributed by atoms with Crippen molar-refractivity contribution in [2.24, 2.45) is 0 Å². The fraction of sp³-hybridized carbons (Fsp3) is 0.250. The summed E-state index contributed by atoms with van der Waals surface area (Å²) in [6.07, 6.45) is -2.84. The third-order valence-corrected chi connectivity index (χ3v) is 2.16. The Morgan fingerprint density at radius 2 is 2.29 bits per heavy atom. The minimum atomic E-state index is -2.69. The smallest absolute Gasteiger partial charge is 0.267 e. The van der Waals surface area contributed by atoms with E-state index in [1.807, 2.05) is 22.6 Å². The van der Waals surface area contributed by atoms with Crippen molar-refractivity contribution < 1.29 is 8.78 Å². The molecule has 74 valence electrons. The number of alkyl halides is 2. The summed E-state index contributed by atoms with van der Waals surface area (Å²) < 4.78 is 25.5. The number of nitrogen functional groups attached to an aromatic ring is 1. The number of nitrogens with zero attached hydrogens (tertiary/aromatic N) is 2. The summed E-state index contributed by atoms with van der Waals surface area (Å²) in [5, 5.41) is 8.43. The lowest BCUT2D eigenvalue weighted by Gasteiger charge is -2.08. The van der Waals surface area contributed by atoms with Crippen LogP contribution >= 0.6 is 22.6 Å². The number of pyridine rings is 1. The fourth-order valence-electron chi connectivity index (χ4n) is 1.06. The lowest BCUT2D eigenvalue weighted by molar-refractivity contribution is 0.150. The Kier molecular flexibility index (Phi) is 3.57. The summed E-state index contributed by atoms with van der Waals surface area (Å²) in [4.78, 5) is 3.85. The number of hydrogen-bond donors (Lipinski definition) is 1. The minimum Gasteiger partial charge on any atom is -0.398 e. The average molecular weight is 309 g/mol. The summed E-state index contributed by atoms with van der Waals surface area (Å²) in [7, 11) is 0. The van der Waals surface area contributed by atoms with E-state index in [1.54, 1.807) is 6.07 Å². The number of nitrogens with two attached hydrogens (primary N) is 1. The van der Waals surface area contributed by atoms with Crippen LogP contribution in [0.25, 0.3) is 0 Å². The lowest BCUT2D eigenvalue weighted by Crippen LogP contribution is -2.04. The Bertz CT molecular complexity index is 387. The minimum absolute atomic E-state index is 0.00958. The average Bonchev–Trinajstić information content (AvgIpc) is 2.01. The summed E-state index contributed by atoms with van der Waals surface area (Å²) in [6, 6.07) is 3.14. The van der Waals surface area contributed by atoms with Crippen molar-refractivity contribution in [3.8, 4) is 6.07 Å². The largest absolute Gasteiger partial charge is 0.398 e. The van der Waals surface area contributed by atoms with E-state index in [0.29, 0.717) is 3.70 Å².